The summed E-state index contributed by atoms with van der Waals surface area (Å²) < 4.78 is 5.58. The molecule has 1 aromatic heterocycles. The number of H-pyrrole nitrogens is 1. The van der Waals surface area contributed by atoms with Gasteiger partial charge in [0.05, 0.1) is 13.2 Å². The van der Waals surface area contributed by atoms with Crippen LogP contribution in [0.4, 0.5) is 0 Å². The number of hydrogen-bond acceptors (Lipinski definition) is 4. The molecule has 0 saturated carbocycles. The van der Waals surface area contributed by atoms with Crippen molar-refractivity contribution in [1.29, 1.82) is 0 Å². The highest BCUT2D eigenvalue weighted by Crippen LogP contribution is 2.11. The third-order valence-corrected chi connectivity index (χ3v) is 2.39. The number of rotatable bonds is 5. The van der Waals surface area contributed by atoms with Crippen LogP contribution in [-0.2, 0) is 13.0 Å². The number of nitrogens with zero attached hydrogens (tertiary/aromatic N) is 2. The van der Waals surface area contributed by atoms with Crippen molar-refractivity contribution in [3.05, 3.63) is 41.5 Å². The Morgan fingerprint density at radius 1 is 1.29 bits per heavy atom. The highest BCUT2D eigenvalue weighted by atomic mass is 16.5. The van der Waals surface area contributed by atoms with Crippen LogP contribution in [0.15, 0.2) is 24.3 Å². The van der Waals surface area contributed by atoms with Crippen molar-refractivity contribution in [2.45, 2.75) is 19.9 Å². The van der Waals surface area contributed by atoms with Crippen molar-refractivity contribution in [2.75, 3.05) is 6.61 Å². The second-order valence-electron chi connectivity index (χ2n) is 3.81. The minimum absolute atomic E-state index is 0.381. The van der Waals surface area contributed by atoms with E-state index in [0.717, 1.165) is 11.6 Å². The van der Waals surface area contributed by atoms with Crippen LogP contribution < -0.4 is 10.5 Å². The second kappa shape index (κ2) is 5.45. The molecular weight excluding hydrogens is 216 g/mol. The standard InChI is InChI=1S/C12H16N4O/c1-9-2-4-10(5-3-9)17-7-6-11-14-12(8-13)16-15-11/h2-5H,6-8,13H2,1H3,(H,14,15,16). The van der Waals surface area contributed by atoms with Gasteiger partial charge in [-0.3, -0.25) is 5.10 Å². The lowest BCUT2D eigenvalue weighted by molar-refractivity contribution is 0.319. The summed E-state index contributed by atoms with van der Waals surface area (Å²) in [5, 5.41) is 6.81. The molecule has 5 heteroatoms. The molecule has 0 saturated heterocycles. The lowest BCUT2D eigenvalue weighted by atomic mass is 10.2. The van der Waals surface area contributed by atoms with Gasteiger partial charge in [-0.2, -0.15) is 5.10 Å². The number of aryl methyl sites for hydroxylation is 1. The predicted molar refractivity (Wildman–Crippen MR) is 64.7 cm³/mol. The van der Waals surface area contributed by atoms with E-state index in [1.54, 1.807) is 0 Å². The second-order valence-corrected chi connectivity index (χ2v) is 3.81. The lowest BCUT2D eigenvalue weighted by Gasteiger charge is -2.04. The molecule has 0 aliphatic heterocycles. The molecule has 0 aliphatic rings. The molecule has 1 heterocycles. The van der Waals surface area contributed by atoms with E-state index < -0.39 is 0 Å². The van der Waals surface area contributed by atoms with Gasteiger partial charge >= 0.3 is 0 Å². The summed E-state index contributed by atoms with van der Waals surface area (Å²) in [7, 11) is 0. The summed E-state index contributed by atoms with van der Waals surface area (Å²) in [6.07, 6.45) is 0.671. The summed E-state index contributed by atoms with van der Waals surface area (Å²) in [5.41, 5.74) is 6.65. The van der Waals surface area contributed by atoms with E-state index in [0.29, 0.717) is 25.4 Å². The number of aromatic nitrogens is 3. The van der Waals surface area contributed by atoms with Crippen LogP contribution in [0, 0.1) is 6.92 Å². The van der Waals surface area contributed by atoms with Gasteiger partial charge in [-0.1, -0.05) is 17.7 Å². The normalized spacial score (nSPS) is 10.5. The van der Waals surface area contributed by atoms with Crippen LogP contribution in [0.1, 0.15) is 17.2 Å². The first-order chi connectivity index (χ1) is 8.28. The molecule has 5 nitrogen and oxygen atoms in total. The SMILES string of the molecule is Cc1ccc(OCCc2n[nH]c(CN)n2)cc1. The third-order valence-electron chi connectivity index (χ3n) is 2.39. The van der Waals surface area contributed by atoms with Gasteiger partial charge in [-0.15, -0.1) is 0 Å². The van der Waals surface area contributed by atoms with E-state index in [9.17, 15) is 0 Å². The quantitative estimate of drug-likeness (QED) is 0.812. The molecule has 2 aromatic rings. The summed E-state index contributed by atoms with van der Waals surface area (Å²) in [6.45, 7) is 2.99. The first-order valence-corrected chi connectivity index (χ1v) is 5.57. The van der Waals surface area contributed by atoms with Crippen molar-refractivity contribution >= 4 is 0 Å². The van der Waals surface area contributed by atoms with Crippen LogP contribution in [0.2, 0.25) is 0 Å². The van der Waals surface area contributed by atoms with Gasteiger partial charge < -0.3 is 10.5 Å². The van der Waals surface area contributed by atoms with Gasteiger partial charge in [0.25, 0.3) is 0 Å². The zero-order valence-electron chi connectivity index (χ0n) is 9.81. The van der Waals surface area contributed by atoms with E-state index in [1.165, 1.54) is 5.56 Å². The molecular formula is C12H16N4O. The molecule has 1 aromatic carbocycles. The Kier molecular flexibility index (Phi) is 3.72. The van der Waals surface area contributed by atoms with Crippen molar-refractivity contribution in [3.8, 4) is 5.75 Å². The molecule has 0 amide bonds. The van der Waals surface area contributed by atoms with Gasteiger partial charge in [-0.25, -0.2) is 4.98 Å². The van der Waals surface area contributed by atoms with Gasteiger partial charge in [0.1, 0.15) is 11.6 Å². The lowest BCUT2D eigenvalue weighted by Crippen LogP contribution is -2.03. The van der Waals surface area contributed by atoms with E-state index in [1.807, 2.05) is 31.2 Å². The molecule has 2 rings (SSSR count). The number of nitrogens with one attached hydrogen (secondary N) is 1. The van der Waals surface area contributed by atoms with Crippen molar-refractivity contribution in [2.24, 2.45) is 5.73 Å². The minimum atomic E-state index is 0.381. The summed E-state index contributed by atoms with van der Waals surface area (Å²) in [6, 6.07) is 7.96. The largest absolute Gasteiger partial charge is 0.493 e. The fraction of sp³-hybridized carbons (Fsp3) is 0.333. The van der Waals surface area contributed by atoms with Gasteiger partial charge in [0.2, 0.25) is 0 Å². The van der Waals surface area contributed by atoms with E-state index >= 15 is 0 Å². The number of hydrogen-bond donors (Lipinski definition) is 2. The monoisotopic (exact) mass is 232 g/mol. The zero-order valence-corrected chi connectivity index (χ0v) is 9.81. The van der Waals surface area contributed by atoms with Crippen LogP contribution >= 0.6 is 0 Å². The van der Waals surface area contributed by atoms with Crippen molar-refractivity contribution < 1.29 is 4.74 Å². The van der Waals surface area contributed by atoms with Gasteiger partial charge in [0, 0.05) is 6.42 Å². The average molecular weight is 232 g/mol. The summed E-state index contributed by atoms with van der Waals surface area (Å²) in [4.78, 5) is 4.20. The number of nitrogens with two attached hydrogens (primary N) is 1. The maximum atomic E-state index is 5.58. The third kappa shape index (κ3) is 3.29. The molecule has 0 spiro atoms. The molecule has 90 valence electrons. The number of benzene rings is 1. The highest BCUT2D eigenvalue weighted by Gasteiger charge is 2.01. The van der Waals surface area contributed by atoms with Gasteiger partial charge in [-0.05, 0) is 19.1 Å². The zero-order chi connectivity index (χ0) is 12.1. The van der Waals surface area contributed by atoms with Crippen LogP contribution in [0.3, 0.4) is 0 Å². The Morgan fingerprint density at radius 2 is 2.06 bits per heavy atom. The number of ether oxygens (including phenoxy) is 1. The molecule has 17 heavy (non-hydrogen) atoms. The predicted octanol–water partition coefficient (Wildman–Crippen LogP) is 1.19. The Labute approximate surface area is 100 Å². The topological polar surface area (TPSA) is 76.8 Å². The fourth-order valence-corrected chi connectivity index (χ4v) is 1.43. The molecule has 0 fully saturated rings. The molecule has 0 aliphatic carbocycles. The Bertz CT molecular complexity index is 464. The minimum Gasteiger partial charge on any atom is -0.493 e. The smallest absolute Gasteiger partial charge is 0.154 e. The summed E-state index contributed by atoms with van der Waals surface area (Å²) >= 11 is 0. The fourth-order valence-electron chi connectivity index (χ4n) is 1.43. The summed E-state index contributed by atoms with van der Waals surface area (Å²) in [5.74, 6) is 2.30. The molecule has 0 radical (unpaired) electrons. The molecule has 0 atom stereocenters. The Balaban J connectivity index is 1.81. The van der Waals surface area contributed by atoms with Crippen LogP contribution in [0.5, 0.6) is 5.75 Å². The Morgan fingerprint density at radius 3 is 2.71 bits per heavy atom. The first kappa shape index (κ1) is 11.6. The van der Waals surface area contributed by atoms with Crippen LogP contribution in [-0.4, -0.2) is 21.8 Å². The van der Waals surface area contributed by atoms with E-state index in [2.05, 4.69) is 15.2 Å². The molecule has 3 N–H and O–H groups in total. The first-order valence-electron chi connectivity index (χ1n) is 5.57. The molecule has 0 bridgehead atoms. The maximum Gasteiger partial charge on any atom is 0.154 e. The van der Waals surface area contributed by atoms with E-state index in [4.69, 9.17) is 10.5 Å². The van der Waals surface area contributed by atoms with Crippen molar-refractivity contribution in [1.82, 2.24) is 15.2 Å². The highest BCUT2D eigenvalue weighted by molar-refractivity contribution is 5.26. The van der Waals surface area contributed by atoms with Gasteiger partial charge in [0.15, 0.2) is 5.82 Å². The Hall–Kier alpha value is -1.88. The van der Waals surface area contributed by atoms with Crippen molar-refractivity contribution in [3.63, 3.8) is 0 Å². The number of aromatic amines is 1. The van der Waals surface area contributed by atoms with Crippen LogP contribution in [0.25, 0.3) is 0 Å². The van der Waals surface area contributed by atoms with E-state index in [-0.39, 0.29) is 0 Å². The average Bonchev–Trinajstić information content (AvgIpc) is 2.80. The molecule has 0 unspecified atom stereocenters. The maximum absolute atomic E-state index is 5.58.